The molecule has 0 saturated heterocycles. The Balaban J connectivity index is 1.53. The quantitative estimate of drug-likeness (QED) is 0.675. The highest BCUT2D eigenvalue weighted by molar-refractivity contribution is 6.30. The zero-order valence-corrected chi connectivity index (χ0v) is 14.6. The fourth-order valence-corrected chi connectivity index (χ4v) is 2.25. The van der Waals surface area contributed by atoms with E-state index in [1.807, 2.05) is 42.5 Å². The summed E-state index contributed by atoms with van der Waals surface area (Å²) in [5.74, 6) is 0.539. The Kier molecular flexibility index (Phi) is 7.79. The van der Waals surface area contributed by atoms with Crippen molar-refractivity contribution in [3.63, 3.8) is 0 Å². The largest absolute Gasteiger partial charge is 0.493 e. The highest BCUT2D eigenvalue weighted by Gasteiger charge is 2.04. The number of benzene rings is 2. The molecule has 5 nitrogen and oxygen atoms in total. The van der Waals surface area contributed by atoms with E-state index in [1.165, 1.54) is 0 Å². The third-order valence-electron chi connectivity index (χ3n) is 3.39. The summed E-state index contributed by atoms with van der Waals surface area (Å²) in [6.07, 6.45) is 0.559. The van der Waals surface area contributed by atoms with Gasteiger partial charge in [-0.3, -0.25) is 9.59 Å². The molecule has 0 heterocycles. The number of ether oxygens (including phenoxy) is 1. The molecule has 132 valence electrons. The number of rotatable bonds is 9. The molecule has 0 spiro atoms. The molecule has 6 heteroatoms. The summed E-state index contributed by atoms with van der Waals surface area (Å²) in [5, 5.41) is 6.15. The van der Waals surface area contributed by atoms with Crippen molar-refractivity contribution in [1.82, 2.24) is 10.6 Å². The van der Waals surface area contributed by atoms with Crippen LogP contribution in [0.3, 0.4) is 0 Å². The van der Waals surface area contributed by atoms with Gasteiger partial charge in [0, 0.05) is 18.1 Å². The molecule has 25 heavy (non-hydrogen) atoms. The van der Waals surface area contributed by atoms with Crippen molar-refractivity contribution in [3.8, 4) is 5.75 Å². The first-order valence-electron chi connectivity index (χ1n) is 8.09. The van der Waals surface area contributed by atoms with E-state index in [1.54, 1.807) is 12.1 Å². The molecule has 0 aliphatic rings. The van der Waals surface area contributed by atoms with Crippen LogP contribution in [0, 0.1) is 0 Å². The Morgan fingerprint density at radius 3 is 2.20 bits per heavy atom. The summed E-state index contributed by atoms with van der Waals surface area (Å²) in [5.41, 5.74) is 0.893. The lowest BCUT2D eigenvalue weighted by molar-refractivity contribution is -0.122. The van der Waals surface area contributed by atoms with Crippen LogP contribution < -0.4 is 15.4 Å². The number of carbonyl (C=O) groups excluding carboxylic acids is 2. The molecule has 0 saturated carbocycles. The first-order valence-corrected chi connectivity index (χ1v) is 8.47. The summed E-state index contributed by atoms with van der Waals surface area (Å²) >= 11 is 5.80. The summed E-state index contributed by atoms with van der Waals surface area (Å²) in [4.78, 5) is 23.5. The molecule has 2 rings (SSSR count). The number of halogens is 1. The van der Waals surface area contributed by atoms with Gasteiger partial charge in [-0.1, -0.05) is 41.9 Å². The van der Waals surface area contributed by atoms with Crippen molar-refractivity contribution in [3.05, 3.63) is 65.2 Å². The van der Waals surface area contributed by atoms with Gasteiger partial charge >= 0.3 is 0 Å². The average molecular weight is 361 g/mol. The fourth-order valence-electron chi connectivity index (χ4n) is 2.12. The molecular formula is C19H21ClN2O3. The van der Waals surface area contributed by atoms with E-state index in [-0.39, 0.29) is 24.7 Å². The van der Waals surface area contributed by atoms with Gasteiger partial charge in [-0.05, 0) is 29.8 Å². The van der Waals surface area contributed by atoms with Crippen molar-refractivity contribution in [2.24, 2.45) is 0 Å². The van der Waals surface area contributed by atoms with Crippen molar-refractivity contribution >= 4 is 23.4 Å². The van der Waals surface area contributed by atoms with Gasteiger partial charge in [0.2, 0.25) is 11.8 Å². The van der Waals surface area contributed by atoms with Crippen LogP contribution in [-0.4, -0.2) is 31.5 Å². The van der Waals surface area contributed by atoms with Gasteiger partial charge in [0.05, 0.1) is 19.4 Å². The van der Waals surface area contributed by atoms with Crippen LogP contribution in [0.25, 0.3) is 0 Å². The highest BCUT2D eigenvalue weighted by Crippen LogP contribution is 2.10. The maximum atomic E-state index is 11.8. The zero-order chi connectivity index (χ0) is 17.9. The molecule has 0 fully saturated rings. The van der Waals surface area contributed by atoms with Crippen LogP contribution in [0.4, 0.5) is 0 Å². The molecule has 2 aromatic rings. The lowest BCUT2D eigenvalue weighted by atomic mass is 10.1. The van der Waals surface area contributed by atoms with Crippen molar-refractivity contribution < 1.29 is 14.3 Å². The number of carbonyl (C=O) groups is 2. The van der Waals surface area contributed by atoms with Crippen molar-refractivity contribution in [2.75, 3.05) is 19.7 Å². The molecule has 2 amide bonds. The lowest BCUT2D eigenvalue weighted by Crippen LogP contribution is -2.35. The van der Waals surface area contributed by atoms with Gasteiger partial charge in [0.1, 0.15) is 5.75 Å². The van der Waals surface area contributed by atoms with E-state index in [2.05, 4.69) is 10.6 Å². The van der Waals surface area contributed by atoms with Crippen LogP contribution >= 0.6 is 11.6 Å². The van der Waals surface area contributed by atoms with Crippen LogP contribution in [-0.2, 0) is 16.0 Å². The fraction of sp³-hybridized carbons (Fsp3) is 0.263. The number of nitrogens with one attached hydrogen (secondary N) is 2. The molecule has 2 aromatic carbocycles. The van der Waals surface area contributed by atoms with E-state index < -0.39 is 0 Å². The summed E-state index contributed by atoms with van der Waals surface area (Å²) in [7, 11) is 0. The Hall–Kier alpha value is -2.53. The van der Waals surface area contributed by atoms with E-state index in [9.17, 15) is 9.59 Å². The van der Waals surface area contributed by atoms with E-state index in [4.69, 9.17) is 16.3 Å². The first-order chi connectivity index (χ1) is 12.1. The van der Waals surface area contributed by atoms with E-state index >= 15 is 0 Å². The number of hydrogen-bond donors (Lipinski definition) is 2. The zero-order valence-electron chi connectivity index (χ0n) is 13.8. The molecule has 0 aliphatic carbocycles. The van der Waals surface area contributed by atoms with Gasteiger partial charge in [0.25, 0.3) is 0 Å². The van der Waals surface area contributed by atoms with E-state index in [0.717, 1.165) is 11.3 Å². The van der Waals surface area contributed by atoms with Gasteiger partial charge in [-0.25, -0.2) is 0 Å². The minimum absolute atomic E-state index is 0.0935. The minimum atomic E-state index is -0.108. The third kappa shape index (κ3) is 7.72. The SMILES string of the molecule is O=C(CCOc1ccccc1)NCCNC(=O)Cc1ccc(Cl)cc1. The lowest BCUT2D eigenvalue weighted by Gasteiger charge is -2.08. The molecule has 0 bridgehead atoms. The molecule has 0 unspecified atom stereocenters. The van der Waals surface area contributed by atoms with Gasteiger partial charge in [0.15, 0.2) is 0 Å². The molecule has 0 radical (unpaired) electrons. The molecule has 0 atom stereocenters. The van der Waals surface area contributed by atoms with Crippen LogP contribution in [0.2, 0.25) is 5.02 Å². The number of amides is 2. The predicted molar refractivity (Wildman–Crippen MR) is 97.7 cm³/mol. The molecule has 0 aliphatic heterocycles. The summed E-state index contributed by atoms with van der Waals surface area (Å²) in [6.45, 7) is 1.09. The Morgan fingerprint density at radius 1 is 0.880 bits per heavy atom. The molecule has 2 N–H and O–H groups in total. The second kappa shape index (κ2) is 10.4. The van der Waals surface area contributed by atoms with Gasteiger partial charge in [-0.15, -0.1) is 0 Å². The number of hydrogen-bond acceptors (Lipinski definition) is 3. The smallest absolute Gasteiger partial charge is 0.224 e. The first kappa shape index (κ1) is 18.8. The minimum Gasteiger partial charge on any atom is -0.493 e. The predicted octanol–water partition coefficient (Wildman–Crippen LogP) is 2.58. The topological polar surface area (TPSA) is 67.4 Å². The summed E-state index contributed by atoms with van der Waals surface area (Å²) < 4.78 is 5.46. The van der Waals surface area contributed by atoms with Crippen LogP contribution in [0.15, 0.2) is 54.6 Å². The normalized spacial score (nSPS) is 10.1. The highest BCUT2D eigenvalue weighted by atomic mass is 35.5. The third-order valence-corrected chi connectivity index (χ3v) is 3.64. The number of para-hydroxylation sites is 1. The Bertz CT molecular complexity index is 675. The van der Waals surface area contributed by atoms with Gasteiger partial charge in [-0.2, -0.15) is 0 Å². The van der Waals surface area contributed by atoms with Crippen molar-refractivity contribution in [1.29, 1.82) is 0 Å². The molecule has 0 aromatic heterocycles. The second-order valence-electron chi connectivity index (χ2n) is 5.41. The standard InChI is InChI=1S/C19H21ClN2O3/c20-16-8-6-15(7-9-16)14-19(24)22-12-11-21-18(23)10-13-25-17-4-2-1-3-5-17/h1-9H,10-14H2,(H,21,23)(H,22,24). The monoisotopic (exact) mass is 360 g/mol. The maximum Gasteiger partial charge on any atom is 0.224 e. The second-order valence-corrected chi connectivity index (χ2v) is 5.85. The average Bonchev–Trinajstić information content (AvgIpc) is 2.62. The summed E-state index contributed by atoms with van der Waals surface area (Å²) in [6, 6.07) is 16.5. The Labute approximate surface area is 152 Å². The van der Waals surface area contributed by atoms with E-state index in [0.29, 0.717) is 24.7 Å². The maximum absolute atomic E-state index is 11.8. The Morgan fingerprint density at radius 2 is 1.52 bits per heavy atom. The van der Waals surface area contributed by atoms with Gasteiger partial charge < -0.3 is 15.4 Å². The molecular weight excluding hydrogens is 340 g/mol. The van der Waals surface area contributed by atoms with Crippen molar-refractivity contribution in [2.45, 2.75) is 12.8 Å². The van der Waals surface area contributed by atoms with Crippen LogP contribution in [0.1, 0.15) is 12.0 Å². The van der Waals surface area contributed by atoms with Crippen LogP contribution in [0.5, 0.6) is 5.75 Å².